The molecule has 1 amide bonds. The summed E-state index contributed by atoms with van der Waals surface area (Å²) in [5.41, 5.74) is 0.786. The van der Waals surface area contributed by atoms with Crippen molar-refractivity contribution in [3.8, 4) is 0 Å². The number of benzene rings is 1. The maximum atomic E-state index is 11.8. The highest BCUT2D eigenvalue weighted by Crippen LogP contribution is 2.01. The third-order valence-electron chi connectivity index (χ3n) is 2.34. The molecule has 0 aliphatic heterocycles. The van der Waals surface area contributed by atoms with Gasteiger partial charge < -0.3 is 0 Å². The predicted molar refractivity (Wildman–Crippen MR) is 75.5 cm³/mol. The predicted octanol–water partition coefficient (Wildman–Crippen LogP) is 0.492. The number of nitrogens with one attached hydrogen (secondary N) is 1. The number of hydrogen-bond donors (Lipinski definition) is 1. The molecular formula is C13H15N2O4S. The molecular weight excluding hydrogens is 280 g/mol. The second-order valence-corrected chi connectivity index (χ2v) is 5.80. The number of rotatable bonds is 7. The number of amides is 1. The molecule has 1 aromatic carbocycles. The first-order valence-corrected chi connectivity index (χ1v) is 7.53. The van der Waals surface area contributed by atoms with Crippen LogP contribution in [0.3, 0.4) is 0 Å². The summed E-state index contributed by atoms with van der Waals surface area (Å²) in [4.78, 5) is 24.2. The molecule has 0 saturated heterocycles. The average Bonchev–Trinajstić information content (AvgIpc) is 2.45. The van der Waals surface area contributed by atoms with Gasteiger partial charge in [-0.1, -0.05) is 30.3 Å². The molecule has 0 fully saturated rings. The van der Waals surface area contributed by atoms with Crippen molar-refractivity contribution in [2.75, 3.05) is 12.3 Å². The van der Waals surface area contributed by atoms with E-state index >= 15 is 0 Å². The Labute approximate surface area is 118 Å². The summed E-state index contributed by atoms with van der Waals surface area (Å²) in [6.07, 6.45) is 4.20. The third kappa shape index (κ3) is 5.33. The van der Waals surface area contributed by atoms with Crippen molar-refractivity contribution in [2.24, 2.45) is 0 Å². The van der Waals surface area contributed by atoms with Gasteiger partial charge in [-0.15, -0.1) is 4.83 Å². The van der Waals surface area contributed by atoms with E-state index in [-0.39, 0.29) is 5.75 Å². The normalized spacial score (nSPS) is 11.4. The molecule has 0 unspecified atom stereocenters. The number of carbonyl (C=O) groups excluding carboxylic acids is 2. The zero-order valence-corrected chi connectivity index (χ0v) is 11.8. The van der Waals surface area contributed by atoms with E-state index in [4.69, 9.17) is 0 Å². The van der Waals surface area contributed by atoms with Crippen molar-refractivity contribution >= 4 is 28.3 Å². The first-order chi connectivity index (χ1) is 9.48. The first-order valence-electron chi connectivity index (χ1n) is 5.88. The SMILES string of the molecule is CCS(=O)(=O)NN(C[C]=O)C(=O)/C=C/c1ccccc1. The average molecular weight is 295 g/mol. The number of hydrogen-bond acceptors (Lipinski definition) is 4. The van der Waals surface area contributed by atoms with E-state index in [2.05, 4.69) is 0 Å². The lowest BCUT2D eigenvalue weighted by atomic mass is 10.2. The minimum absolute atomic E-state index is 0.196. The van der Waals surface area contributed by atoms with Crippen molar-refractivity contribution < 1.29 is 18.0 Å². The van der Waals surface area contributed by atoms with Crippen LogP contribution in [-0.2, 0) is 19.6 Å². The third-order valence-corrected chi connectivity index (χ3v) is 3.59. The van der Waals surface area contributed by atoms with Gasteiger partial charge in [0.1, 0.15) is 6.54 Å². The minimum atomic E-state index is -3.63. The molecule has 7 heteroatoms. The summed E-state index contributed by atoms with van der Waals surface area (Å²) in [6, 6.07) is 9.02. The highest BCUT2D eigenvalue weighted by molar-refractivity contribution is 7.89. The van der Waals surface area contributed by atoms with Gasteiger partial charge in [-0.2, -0.15) is 0 Å². The molecule has 0 aliphatic rings. The van der Waals surface area contributed by atoms with E-state index in [1.807, 2.05) is 10.9 Å². The second kappa shape index (κ2) is 7.56. The minimum Gasteiger partial charge on any atom is -0.289 e. The summed E-state index contributed by atoms with van der Waals surface area (Å²) >= 11 is 0. The van der Waals surface area contributed by atoms with E-state index in [1.54, 1.807) is 24.3 Å². The molecule has 0 spiro atoms. The number of hydrazine groups is 1. The van der Waals surface area contributed by atoms with Crippen molar-refractivity contribution in [2.45, 2.75) is 6.92 Å². The van der Waals surface area contributed by atoms with E-state index in [9.17, 15) is 18.0 Å². The Hall–Kier alpha value is -1.99. The summed E-state index contributed by atoms with van der Waals surface area (Å²) in [7, 11) is -3.63. The van der Waals surface area contributed by atoms with E-state index in [1.165, 1.54) is 25.4 Å². The molecule has 107 valence electrons. The lowest BCUT2D eigenvalue weighted by Crippen LogP contribution is -2.46. The van der Waals surface area contributed by atoms with Crippen LogP contribution in [0.15, 0.2) is 36.4 Å². The van der Waals surface area contributed by atoms with Gasteiger partial charge in [-0.05, 0) is 18.6 Å². The fourth-order valence-corrected chi connectivity index (χ4v) is 1.89. The van der Waals surface area contributed by atoms with E-state index < -0.39 is 22.5 Å². The summed E-state index contributed by atoms with van der Waals surface area (Å²) < 4.78 is 22.8. The highest BCUT2D eigenvalue weighted by atomic mass is 32.2. The van der Waals surface area contributed by atoms with Gasteiger partial charge >= 0.3 is 0 Å². The molecule has 0 aliphatic carbocycles. The molecule has 20 heavy (non-hydrogen) atoms. The smallest absolute Gasteiger partial charge is 0.261 e. The van der Waals surface area contributed by atoms with E-state index in [0.29, 0.717) is 5.01 Å². The highest BCUT2D eigenvalue weighted by Gasteiger charge is 2.17. The molecule has 0 heterocycles. The Morgan fingerprint density at radius 1 is 1.35 bits per heavy atom. The van der Waals surface area contributed by atoms with Gasteiger partial charge in [-0.25, -0.2) is 8.42 Å². The molecule has 1 N–H and O–H groups in total. The monoisotopic (exact) mass is 295 g/mol. The molecule has 0 bridgehead atoms. The molecule has 6 nitrogen and oxygen atoms in total. The van der Waals surface area contributed by atoms with Crippen LogP contribution in [0, 0.1) is 0 Å². The van der Waals surface area contributed by atoms with Crippen molar-refractivity contribution in [1.82, 2.24) is 9.84 Å². The molecule has 1 aromatic rings. The lowest BCUT2D eigenvalue weighted by Gasteiger charge is -2.18. The van der Waals surface area contributed by atoms with Gasteiger partial charge in [0.05, 0.1) is 5.75 Å². The number of carbonyl (C=O) groups is 1. The van der Waals surface area contributed by atoms with Gasteiger partial charge in [0.25, 0.3) is 5.91 Å². The quantitative estimate of drug-likeness (QED) is 0.586. The van der Waals surface area contributed by atoms with Crippen LogP contribution in [0.1, 0.15) is 12.5 Å². The zero-order valence-electron chi connectivity index (χ0n) is 10.9. The van der Waals surface area contributed by atoms with Gasteiger partial charge in [-0.3, -0.25) is 14.6 Å². The molecule has 0 atom stereocenters. The van der Waals surface area contributed by atoms with Crippen LogP contribution in [0.25, 0.3) is 6.08 Å². The van der Waals surface area contributed by atoms with Gasteiger partial charge in [0, 0.05) is 6.08 Å². The van der Waals surface area contributed by atoms with Gasteiger partial charge in [0.15, 0.2) is 0 Å². The standard InChI is InChI=1S/C13H15N2O4S/c1-2-20(18,19)14-15(10-11-16)13(17)9-8-12-6-4-3-5-7-12/h3-9,14H,2,10H2,1H3/b9-8+. The van der Waals surface area contributed by atoms with Crippen molar-refractivity contribution in [3.63, 3.8) is 0 Å². The zero-order chi connectivity index (χ0) is 15.0. The Morgan fingerprint density at radius 3 is 2.55 bits per heavy atom. The maximum absolute atomic E-state index is 11.8. The molecule has 1 rings (SSSR count). The number of nitrogens with zero attached hydrogens (tertiary/aromatic N) is 1. The summed E-state index contributed by atoms with van der Waals surface area (Å²) in [5.74, 6) is -0.841. The second-order valence-electron chi connectivity index (χ2n) is 3.81. The van der Waals surface area contributed by atoms with Crippen LogP contribution in [0.2, 0.25) is 0 Å². The van der Waals surface area contributed by atoms with Crippen LogP contribution in [-0.4, -0.2) is 37.9 Å². The van der Waals surface area contributed by atoms with Crippen LogP contribution in [0.5, 0.6) is 0 Å². The Morgan fingerprint density at radius 2 is 2.00 bits per heavy atom. The lowest BCUT2D eigenvalue weighted by molar-refractivity contribution is -0.126. The largest absolute Gasteiger partial charge is 0.289 e. The fraction of sp³-hybridized carbons (Fsp3) is 0.231. The maximum Gasteiger partial charge on any atom is 0.261 e. The molecule has 0 aromatic heterocycles. The van der Waals surface area contributed by atoms with Crippen molar-refractivity contribution in [3.05, 3.63) is 42.0 Å². The summed E-state index contributed by atoms with van der Waals surface area (Å²) in [6.45, 7) is 0.951. The van der Waals surface area contributed by atoms with Crippen LogP contribution >= 0.6 is 0 Å². The van der Waals surface area contributed by atoms with Crippen LogP contribution in [0.4, 0.5) is 0 Å². The Balaban J connectivity index is 2.79. The molecule has 0 saturated carbocycles. The van der Waals surface area contributed by atoms with Crippen molar-refractivity contribution in [1.29, 1.82) is 0 Å². The summed E-state index contributed by atoms with van der Waals surface area (Å²) in [5, 5.41) is 0.700. The van der Waals surface area contributed by atoms with E-state index in [0.717, 1.165) is 5.56 Å². The number of sulfonamides is 1. The topological polar surface area (TPSA) is 83.6 Å². The fourth-order valence-electron chi connectivity index (χ4n) is 1.27. The Bertz CT molecular complexity index is 582. The first kappa shape index (κ1) is 16.1. The van der Waals surface area contributed by atoms with Crippen LogP contribution < -0.4 is 4.83 Å². The molecule has 1 radical (unpaired) electrons. The Kier molecular flexibility index (Phi) is 6.08. The van der Waals surface area contributed by atoms with Gasteiger partial charge in [0.2, 0.25) is 16.3 Å².